The summed E-state index contributed by atoms with van der Waals surface area (Å²) < 4.78 is 35.4. The Hall–Kier alpha value is -2.47. The molecule has 54 heavy (non-hydrogen) atoms. The second-order valence-corrected chi connectivity index (χ2v) is 18.5. The van der Waals surface area contributed by atoms with Crippen molar-refractivity contribution in [1.82, 2.24) is 14.5 Å². The van der Waals surface area contributed by atoms with Crippen molar-refractivity contribution in [2.45, 2.75) is 88.5 Å². The predicted molar refractivity (Wildman–Crippen MR) is 218 cm³/mol. The number of amides is 1. The number of hydrogen-bond donors (Lipinski definition) is 1. The highest BCUT2D eigenvalue weighted by molar-refractivity contribution is 7.84. The zero-order valence-corrected chi connectivity index (χ0v) is 34.3. The maximum atomic E-state index is 13.6. The van der Waals surface area contributed by atoms with Crippen LogP contribution in [0.4, 0.5) is 5.69 Å². The molecule has 4 heterocycles. The van der Waals surface area contributed by atoms with Gasteiger partial charge >= 0.3 is 0 Å². The molecule has 4 aliphatic heterocycles. The number of carbonyl (C=O) groups is 1. The van der Waals surface area contributed by atoms with Crippen molar-refractivity contribution < 1.29 is 23.2 Å². The molecule has 3 fully saturated rings. The van der Waals surface area contributed by atoms with Crippen LogP contribution < -0.4 is 14.4 Å². The van der Waals surface area contributed by atoms with Gasteiger partial charge in [-0.1, -0.05) is 50.1 Å². The van der Waals surface area contributed by atoms with Crippen LogP contribution in [-0.2, 0) is 26.9 Å². The minimum absolute atomic E-state index is 0.100. The summed E-state index contributed by atoms with van der Waals surface area (Å²) in [4.78, 5) is 21.4. The van der Waals surface area contributed by atoms with E-state index in [0.29, 0.717) is 30.0 Å². The van der Waals surface area contributed by atoms with Crippen molar-refractivity contribution in [1.29, 1.82) is 0 Å². The third kappa shape index (κ3) is 8.74. The number of ether oxygens (including phenoxy) is 3. The maximum Gasteiger partial charge on any atom is 0.263 e. The summed E-state index contributed by atoms with van der Waals surface area (Å²) in [5, 5.41) is 0.532. The highest BCUT2D eigenvalue weighted by atomic mass is 35.5. The van der Waals surface area contributed by atoms with Crippen LogP contribution in [0, 0.1) is 17.8 Å². The van der Waals surface area contributed by atoms with Gasteiger partial charge in [-0.05, 0) is 105 Å². The topological polar surface area (TPSA) is 83.6 Å². The van der Waals surface area contributed by atoms with E-state index in [0.717, 1.165) is 120 Å². The fourth-order valence-corrected chi connectivity index (χ4v) is 10.8. The average molecular weight is 782 g/mol. The molecule has 1 amide bonds. The van der Waals surface area contributed by atoms with Crippen LogP contribution in [0.25, 0.3) is 0 Å². The first-order valence-electron chi connectivity index (χ1n) is 20.5. The number of allylic oxidation sites excluding steroid dienone is 1. The molecule has 7 unspecified atom stereocenters. The Morgan fingerprint density at radius 3 is 2.54 bits per heavy atom. The Labute approximate surface area is 330 Å². The van der Waals surface area contributed by atoms with E-state index in [1.54, 1.807) is 6.07 Å². The number of rotatable bonds is 7. The van der Waals surface area contributed by atoms with E-state index < -0.39 is 16.6 Å². The van der Waals surface area contributed by atoms with Crippen LogP contribution >= 0.6 is 11.6 Å². The van der Waals surface area contributed by atoms with Crippen molar-refractivity contribution >= 4 is 34.2 Å². The Bertz CT molecular complexity index is 1660. The smallest absolute Gasteiger partial charge is 0.263 e. The molecule has 0 radical (unpaired) electrons. The quantitative estimate of drug-likeness (QED) is 0.306. The minimum atomic E-state index is -1.55. The zero-order chi connectivity index (χ0) is 37.8. The number of piperazine rings is 1. The molecule has 0 aromatic heterocycles. The lowest BCUT2D eigenvalue weighted by atomic mass is 9.63. The summed E-state index contributed by atoms with van der Waals surface area (Å²) in [5.41, 5.74) is 3.51. The number of methoxy groups -OCH3 is 1. The molecule has 2 bridgehead atoms. The van der Waals surface area contributed by atoms with E-state index >= 15 is 0 Å². The van der Waals surface area contributed by atoms with Gasteiger partial charge in [-0.3, -0.25) is 19.3 Å². The van der Waals surface area contributed by atoms with Crippen molar-refractivity contribution in [3.63, 3.8) is 0 Å². The molecular weight excluding hydrogens is 720 g/mol. The molecule has 2 aromatic carbocycles. The average Bonchev–Trinajstić information content (AvgIpc) is 3.35. The first kappa shape index (κ1) is 39.8. The lowest BCUT2D eigenvalue weighted by Crippen LogP contribution is -2.59. The van der Waals surface area contributed by atoms with E-state index in [1.165, 1.54) is 11.1 Å². The highest BCUT2D eigenvalue weighted by Gasteiger charge is 2.49. The molecular formula is C43H61ClN4O5S. The van der Waals surface area contributed by atoms with Gasteiger partial charge in [-0.15, -0.1) is 0 Å². The number of fused-ring (bicyclic) bond motifs is 2. The van der Waals surface area contributed by atoms with Gasteiger partial charge in [0.1, 0.15) is 22.3 Å². The van der Waals surface area contributed by atoms with Gasteiger partial charge in [0.15, 0.2) is 0 Å². The summed E-state index contributed by atoms with van der Waals surface area (Å²) in [6, 6.07) is 12.6. The molecule has 9 nitrogen and oxygen atoms in total. The van der Waals surface area contributed by atoms with Crippen LogP contribution in [0.15, 0.2) is 48.6 Å². The lowest BCUT2D eigenvalue weighted by molar-refractivity contribution is -0.0974. The second kappa shape index (κ2) is 17.8. The number of aryl methyl sites for hydroxylation is 1. The van der Waals surface area contributed by atoms with Crippen molar-refractivity contribution in [2.75, 3.05) is 77.6 Å². The molecule has 0 spiro atoms. The number of anilines is 1. The summed E-state index contributed by atoms with van der Waals surface area (Å²) in [6.45, 7) is 15.2. The molecule has 7 atom stereocenters. The Morgan fingerprint density at radius 2 is 1.81 bits per heavy atom. The Balaban J connectivity index is 1.21. The molecule has 2 saturated heterocycles. The van der Waals surface area contributed by atoms with Crippen molar-refractivity contribution in [3.8, 4) is 5.75 Å². The maximum absolute atomic E-state index is 13.6. The number of halogens is 1. The second-order valence-electron chi connectivity index (χ2n) is 16.5. The van der Waals surface area contributed by atoms with Crippen LogP contribution in [0.1, 0.15) is 86.7 Å². The normalized spacial score (nSPS) is 32.5. The fraction of sp³-hybridized carbons (Fsp3) is 0.651. The molecule has 1 saturated carbocycles. The minimum Gasteiger partial charge on any atom is -0.491 e. The first-order chi connectivity index (χ1) is 26.2. The molecule has 7 rings (SSSR count). The summed E-state index contributed by atoms with van der Waals surface area (Å²) >= 11 is 6.52. The van der Waals surface area contributed by atoms with Gasteiger partial charge in [0, 0.05) is 88.7 Å². The largest absolute Gasteiger partial charge is 0.491 e. The van der Waals surface area contributed by atoms with E-state index in [9.17, 15) is 9.00 Å². The van der Waals surface area contributed by atoms with E-state index in [-0.39, 0.29) is 23.0 Å². The van der Waals surface area contributed by atoms with E-state index in [2.05, 4.69) is 57.6 Å². The number of carbonyl (C=O) groups excluding carboxylic acids is 1. The van der Waals surface area contributed by atoms with Gasteiger partial charge in [-0.2, -0.15) is 0 Å². The van der Waals surface area contributed by atoms with Gasteiger partial charge in [0.2, 0.25) is 0 Å². The number of hydrogen-bond acceptors (Lipinski definition) is 8. The van der Waals surface area contributed by atoms with Gasteiger partial charge in [0.05, 0.1) is 17.5 Å². The third-order valence-electron chi connectivity index (χ3n) is 13.2. The number of nitrogens with zero attached hydrogens (tertiary/aromatic N) is 3. The third-order valence-corrected chi connectivity index (χ3v) is 15.0. The Morgan fingerprint density at radius 1 is 1.02 bits per heavy atom. The molecule has 11 heteroatoms. The van der Waals surface area contributed by atoms with Gasteiger partial charge in [0.25, 0.3) is 5.91 Å². The lowest BCUT2D eigenvalue weighted by Gasteiger charge is -2.52. The monoisotopic (exact) mass is 780 g/mol. The fourth-order valence-electron chi connectivity index (χ4n) is 9.56. The molecule has 1 N–H and O–H groups in total. The predicted octanol–water partition coefficient (Wildman–Crippen LogP) is 6.86. The summed E-state index contributed by atoms with van der Waals surface area (Å²) in [7, 11) is 0.358. The first-order valence-corrected chi connectivity index (χ1v) is 22.1. The van der Waals surface area contributed by atoms with Gasteiger partial charge in [-0.25, -0.2) is 4.21 Å². The zero-order valence-electron chi connectivity index (χ0n) is 32.8. The number of nitrogens with one attached hydrogen (secondary N) is 1. The summed E-state index contributed by atoms with van der Waals surface area (Å²) in [5.74, 6) is 1.39. The van der Waals surface area contributed by atoms with Crippen LogP contribution in [-0.4, -0.2) is 110 Å². The Kier molecular flexibility index (Phi) is 13.1. The van der Waals surface area contributed by atoms with Crippen molar-refractivity contribution in [2.24, 2.45) is 17.8 Å². The summed E-state index contributed by atoms with van der Waals surface area (Å²) in [6.07, 6.45) is 11.8. The molecule has 296 valence electrons. The van der Waals surface area contributed by atoms with E-state index in [4.69, 9.17) is 25.8 Å². The van der Waals surface area contributed by atoms with Gasteiger partial charge < -0.3 is 19.1 Å². The van der Waals surface area contributed by atoms with E-state index in [1.807, 2.05) is 32.2 Å². The van der Waals surface area contributed by atoms with Crippen LogP contribution in [0.3, 0.4) is 0 Å². The van der Waals surface area contributed by atoms with Crippen molar-refractivity contribution in [3.05, 3.63) is 70.3 Å². The SMILES string of the molecule is CCCc1cc(Cl)ccc1C1COc2ccc3cc2N(C1)CC1CCC1C(CN1CCN(C2CCOCC2)CC1)(OC)/C=C/CC(C)C(C)S(=O)NC3=O. The molecule has 1 aliphatic carbocycles. The molecule has 5 aliphatic rings. The molecule has 2 aromatic rings. The highest BCUT2D eigenvalue weighted by Crippen LogP contribution is 2.47. The standard InChI is InChI=1S/C43H61ClN4O5S/c1-5-7-32-24-36(44)11-12-38(32)35-27-48-26-34-9-13-39(34)43(51-4,29-46-18-20-47(21-19-46)37-15-22-52-23-16-37)17-6-8-30(2)31(3)54(50)45-42(49)33-10-14-41(53-28-35)40(48)25-33/h6,10-12,14,17,24-25,30-31,34-35,37,39H,5,7-9,13,15-16,18-23,26-29H2,1-4H3,(H,45,49)/b17-6+. The van der Waals surface area contributed by atoms with Crippen LogP contribution in [0.5, 0.6) is 5.75 Å². The number of benzene rings is 2. The van der Waals surface area contributed by atoms with Crippen LogP contribution in [0.2, 0.25) is 5.02 Å².